The lowest BCUT2D eigenvalue weighted by atomic mass is 9.85. The minimum Gasteiger partial charge on any atom is -0.491 e. The summed E-state index contributed by atoms with van der Waals surface area (Å²) in [6.45, 7) is 0.208. The Balaban J connectivity index is 1.91. The zero-order valence-electron chi connectivity index (χ0n) is 11.1. The van der Waals surface area contributed by atoms with Crippen LogP contribution in [0, 0.1) is 17.6 Å². The first kappa shape index (κ1) is 14.7. The second-order valence-corrected chi connectivity index (χ2v) is 5.21. The minimum absolute atomic E-state index is 0.00825. The Hall–Kier alpha value is -1.69. The molecule has 4 N–H and O–H groups in total. The summed E-state index contributed by atoms with van der Waals surface area (Å²) in [5, 5.41) is 0. The molecule has 1 aromatic carbocycles. The minimum atomic E-state index is -0.995. The number of hydrogen-bond donors (Lipinski definition) is 2. The molecule has 20 heavy (non-hydrogen) atoms. The van der Waals surface area contributed by atoms with Crippen molar-refractivity contribution in [3.63, 3.8) is 0 Å². The average Bonchev–Trinajstić information content (AvgIpc) is 2.75. The van der Waals surface area contributed by atoms with Gasteiger partial charge in [0.25, 0.3) is 0 Å². The number of amides is 1. The highest BCUT2D eigenvalue weighted by atomic mass is 19.1. The number of carbonyl (C=O) groups is 1. The van der Waals surface area contributed by atoms with Gasteiger partial charge in [0.05, 0.1) is 12.1 Å². The monoisotopic (exact) mass is 284 g/mol. The molecule has 1 aliphatic carbocycles. The summed E-state index contributed by atoms with van der Waals surface area (Å²) in [5.41, 5.74) is 10.4. The molecule has 0 aromatic heterocycles. The van der Waals surface area contributed by atoms with Crippen LogP contribution >= 0.6 is 0 Å². The summed E-state index contributed by atoms with van der Waals surface area (Å²) in [6, 6.07) is 3.13. The first-order valence-corrected chi connectivity index (χ1v) is 6.60. The predicted molar refractivity (Wildman–Crippen MR) is 69.9 cm³/mol. The molecule has 2 rings (SSSR count). The van der Waals surface area contributed by atoms with Crippen LogP contribution in [-0.2, 0) is 4.79 Å². The Labute approximate surface area is 116 Å². The van der Waals surface area contributed by atoms with Gasteiger partial charge in [-0.2, -0.15) is 0 Å². The molecular formula is C14H18F2N2O2. The number of carbonyl (C=O) groups excluding carboxylic acids is 1. The van der Waals surface area contributed by atoms with E-state index in [1.807, 2.05) is 0 Å². The molecule has 0 saturated heterocycles. The van der Waals surface area contributed by atoms with Gasteiger partial charge in [-0.25, -0.2) is 8.78 Å². The molecule has 6 heteroatoms. The van der Waals surface area contributed by atoms with Gasteiger partial charge in [0.2, 0.25) is 5.91 Å². The van der Waals surface area contributed by atoms with E-state index in [9.17, 15) is 13.6 Å². The summed E-state index contributed by atoms with van der Waals surface area (Å²) in [7, 11) is 0. The lowest BCUT2D eigenvalue weighted by Crippen LogP contribution is -2.54. The second kappa shape index (κ2) is 5.75. The fourth-order valence-corrected chi connectivity index (χ4v) is 2.73. The van der Waals surface area contributed by atoms with Gasteiger partial charge in [0.1, 0.15) is 5.82 Å². The van der Waals surface area contributed by atoms with E-state index in [0.717, 1.165) is 25.0 Å². The maximum absolute atomic E-state index is 13.4. The van der Waals surface area contributed by atoms with E-state index >= 15 is 0 Å². The van der Waals surface area contributed by atoms with Crippen LogP contribution in [0.25, 0.3) is 0 Å². The summed E-state index contributed by atoms with van der Waals surface area (Å²) in [4.78, 5) is 11.4. The van der Waals surface area contributed by atoms with E-state index in [0.29, 0.717) is 12.8 Å². The van der Waals surface area contributed by atoms with Crippen LogP contribution in [0.5, 0.6) is 5.75 Å². The van der Waals surface area contributed by atoms with E-state index in [1.165, 1.54) is 6.07 Å². The topological polar surface area (TPSA) is 78.3 Å². The van der Waals surface area contributed by atoms with Gasteiger partial charge in [0, 0.05) is 6.07 Å². The van der Waals surface area contributed by atoms with Crippen molar-refractivity contribution in [2.45, 2.75) is 31.2 Å². The van der Waals surface area contributed by atoms with E-state index in [1.54, 1.807) is 0 Å². The maximum Gasteiger partial charge on any atom is 0.237 e. The first-order chi connectivity index (χ1) is 9.43. The van der Waals surface area contributed by atoms with Gasteiger partial charge in [-0.3, -0.25) is 4.79 Å². The molecule has 0 aliphatic heterocycles. The second-order valence-electron chi connectivity index (χ2n) is 5.21. The van der Waals surface area contributed by atoms with Crippen LogP contribution in [0.2, 0.25) is 0 Å². The molecule has 1 saturated carbocycles. The van der Waals surface area contributed by atoms with Crippen molar-refractivity contribution in [3.8, 4) is 5.75 Å². The van der Waals surface area contributed by atoms with E-state index in [-0.39, 0.29) is 18.3 Å². The number of halogens is 2. The third-order valence-electron chi connectivity index (χ3n) is 3.95. The van der Waals surface area contributed by atoms with Crippen LogP contribution < -0.4 is 16.2 Å². The number of hydrogen-bond acceptors (Lipinski definition) is 3. The highest BCUT2D eigenvalue weighted by Crippen LogP contribution is 2.36. The zero-order valence-corrected chi connectivity index (χ0v) is 11.1. The predicted octanol–water partition coefficient (Wildman–Crippen LogP) is 1.72. The third-order valence-corrected chi connectivity index (χ3v) is 3.95. The smallest absolute Gasteiger partial charge is 0.237 e. The number of ether oxygens (including phenoxy) is 1. The van der Waals surface area contributed by atoms with Crippen LogP contribution in [0.3, 0.4) is 0 Å². The van der Waals surface area contributed by atoms with E-state index in [2.05, 4.69) is 0 Å². The van der Waals surface area contributed by atoms with Gasteiger partial charge >= 0.3 is 0 Å². The fourth-order valence-electron chi connectivity index (χ4n) is 2.73. The zero-order chi connectivity index (χ0) is 14.8. The first-order valence-electron chi connectivity index (χ1n) is 6.60. The van der Waals surface area contributed by atoms with Crippen molar-refractivity contribution >= 4 is 5.91 Å². The van der Waals surface area contributed by atoms with Gasteiger partial charge in [-0.05, 0) is 37.3 Å². The lowest BCUT2D eigenvalue weighted by molar-refractivity contribution is -0.124. The van der Waals surface area contributed by atoms with Gasteiger partial charge in [-0.15, -0.1) is 0 Å². The van der Waals surface area contributed by atoms with Crippen molar-refractivity contribution in [1.82, 2.24) is 0 Å². The van der Waals surface area contributed by atoms with Crippen molar-refractivity contribution in [2.75, 3.05) is 6.61 Å². The Kier molecular flexibility index (Phi) is 4.23. The quantitative estimate of drug-likeness (QED) is 0.864. The third kappa shape index (κ3) is 2.90. The largest absolute Gasteiger partial charge is 0.491 e. The van der Waals surface area contributed by atoms with Gasteiger partial charge < -0.3 is 16.2 Å². The summed E-state index contributed by atoms with van der Waals surface area (Å²) in [5.74, 6) is -1.98. The summed E-state index contributed by atoms with van der Waals surface area (Å²) >= 11 is 0. The highest BCUT2D eigenvalue weighted by molar-refractivity contribution is 5.85. The highest BCUT2D eigenvalue weighted by Gasteiger charge is 2.43. The van der Waals surface area contributed by atoms with Crippen LogP contribution in [0.15, 0.2) is 18.2 Å². The fraction of sp³-hybridized carbons (Fsp3) is 0.500. The van der Waals surface area contributed by atoms with Crippen molar-refractivity contribution in [2.24, 2.45) is 17.4 Å². The van der Waals surface area contributed by atoms with Crippen molar-refractivity contribution < 1.29 is 18.3 Å². The number of primary amides is 1. The Bertz CT molecular complexity index is 510. The van der Waals surface area contributed by atoms with Crippen LogP contribution in [0.1, 0.15) is 25.7 Å². The molecule has 1 fully saturated rings. The standard InChI is InChI=1S/C14H18F2N2O2/c15-10-3-4-12(11(16)8-10)20-7-5-9-2-1-6-14(9,18)13(17)19/h3-4,8-9H,1-2,5-7,18H2,(H2,17,19). The SMILES string of the molecule is NC(=O)C1(N)CCCC1CCOc1ccc(F)cc1F. The Morgan fingerprint density at radius 2 is 2.20 bits per heavy atom. The van der Waals surface area contributed by atoms with E-state index in [4.69, 9.17) is 16.2 Å². The van der Waals surface area contributed by atoms with Crippen molar-refractivity contribution in [3.05, 3.63) is 29.8 Å². The molecular weight excluding hydrogens is 266 g/mol. The Morgan fingerprint density at radius 1 is 1.45 bits per heavy atom. The molecule has 1 aliphatic rings. The normalized spacial score (nSPS) is 25.6. The summed E-state index contributed by atoms with van der Waals surface area (Å²) < 4.78 is 31.4. The van der Waals surface area contributed by atoms with E-state index < -0.39 is 23.1 Å². The molecule has 1 aromatic rings. The molecule has 0 bridgehead atoms. The summed E-state index contributed by atoms with van der Waals surface area (Å²) in [6.07, 6.45) is 2.72. The number of benzene rings is 1. The molecule has 4 nitrogen and oxygen atoms in total. The van der Waals surface area contributed by atoms with Crippen LogP contribution in [0.4, 0.5) is 8.78 Å². The molecule has 2 atom stereocenters. The Morgan fingerprint density at radius 3 is 2.85 bits per heavy atom. The van der Waals surface area contributed by atoms with Gasteiger partial charge in [-0.1, -0.05) is 6.42 Å². The number of nitrogens with two attached hydrogens (primary N) is 2. The molecule has 1 amide bonds. The molecule has 0 radical (unpaired) electrons. The number of rotatable bonds is 5. The van der Waals surface area contributed by atoms with Crippen LogP contribution in [-0.4, -0.2) is 18.1 Å². The lowest BCUT2D eigenvalue weighted by Gasteiger charge is -2.27. The van der Waals surface area contributed by atoms with Crippen molar-refractivity contribution in [1.29, 1.82) is 0 Å². The molecule has 0 heterocycles. The molecule has 0 spiro atoms. The molecule has 110 valence electrons. The molecule has 2 unspecified atom stereocenters. The average molecular weight is 284 g/mol. The van der Waals surface area contributed by atoms with Gasteiger partial charge in [0.15, 0.2) is 11.6 Å². The maximum atomic E-state index is 13.4.